The minimum atomic E-state index is 0.208. The molecule has 2 bridgehead atoms. The van der Waals surface area contributed by atoms with Crippen LogP contribution in [0.15, 0.2) is 0 Å². The van der Waals surface area contributed by atoms with Crippen molar-refractivity contribution in [2.45, 2.75) is 58.9 Å². The van der Waals surface area contributed by atoms with E-state index in [-0.39, 0.29) is 11.8 Å². The molecule has 0 aliphatic carbocycles. The summed E-state index contributed by atoms with van der Waals surface area (Å²) in [5, 5.41) is 3.19. The molecule has 3 fully saturated rings. The summed E-state index contributed by atoms with van der Waals surface area (Å²) in [6.07, 6.45) is 5.89. The van der Waals surface area contributed by atoms with Crippen LogP contribution >= 0.6 is 0 Å². The molecule has 0 aromatic heterocycles. The normalized spacial score (nSPS) is 33.7. The third-order valence-electron chi connectivity index (χ3n) is 5.41. The molecule has 1 unspecified atom stereocenters. The molecule has 3 heterocycles. The largest absolute Gasteiger partial charge is 0.354 e. The summed E-state index contributed by atoms with van der Waals surface area (Å²) in [5.41, 5.74) is 0. The van der Waals surface area contributed by atoms with Gasteiger partial charge in [-0.25, -0.2) is 0 Å². The molecule has 1 N–H and O–H groups in total. The number of rotatable bonds is 6. The van der Waals surface area contributed by atoms with Gasteiger partial charge in [-0.15, -0.1) is 0 Å². The number of hydrogen-bond acceptors (Lipinski definition) is 2. The Morgan fingerprint density at radius 3 is 2.58 bits per heavy atom. The fraction of sp³-hybridized carbons (Fsp3) is 0.938. The molecule has 19 heavy (non-hydrogen) atoms. The summed E-state index contributed by atoms with van der Waals surface area (Å²) in [5.74, 6) is 2.28. The van der Waals surface area contributed by atoms with Crippen molar-refractivity contribution in [1.29, 1.82) is 0 Å². The maximum atomic E-state index is 12.0. The smallest absolute Gasteiger partial charge is 0.223 e. The average molecular weight is 266 g/mol. The predicted octanol–water partition coefficient (Wildman–Crippen LogP) is 2.66. The van der Waals surface area contributed by atoms with Gasteiger partial charge in [0, 0.05) is 25.0 Å². The number of amides is 1. The van der Waals surface area contributed by atoms with Crippen molar-refractivity contribution in [2.75, 3.05) is 19.6 Å². The Labute approximate surface area is 118 Å². The van der Waals surface area contributed by atoms with Gasteiger partial charge in [0.2, 0.25) is 5.91 Å². The van der Waals surface area contributed by atoms with E-state index < -0.39 is 0 Å². The molecular weight excluding hydrogens is 236 g/mol. The van der Waals surface area contributed by atoms with E-state index in [1.165, 1.54) is 32.4 Å². The Kier molecular flexibility index (Phi) is 5.26. The number of piperidine rings is 3. The Balaban J connectivity index is 1.80. The highest BCUT2D eigenvalue weighted by Crippen LogP contribution is 2.37. The second-order valence-electron chi connectivity index (χ2n) is 6.36. The molecule has 0 saturated carbocycles. The second-order valence-corrected chi connectivity index (χ2v) is 6.36. The van der Waals surface area contributed by atoms with E-state index in [2.05, 4.69) is 31.0 Å². The topological polar surface area (TPSA) is 32.3 Å². The van der Waals surface area contributed by atoms with Gasteiger partial charge < -0.3 is 5.32 Å². The van der Waals surface area contributed by atoms with E-state index in [9.17, 15) is 4.79 Å². The van der Waals surface area contributed by atoms with Crippen LogP contribution in [0.3, 0.4) is 0 Å². The minimum absolute atomic E-state index is 0.208. The summed E-state index contributed by atoms with van der Waals surface area (Å²) in [6, 6.07) is 0.597. The Bertz CT molecular complexity index is 301. The molecule has 3 rings (SSSR count). The van der Waals surface area contributed by atoms with Crippen LogP contribution in [0.5, 0.6) is 0 Å². The first-order valence-electron chi connectivity index (χ1n) is 8.21. The van der Waals surface area contributed by atoms with E-state index in [4.69, 9.17) is 0 Å². The van der Waals surface area contributed by atoms with Crippen LogP contribution in [0.4, 0.5) is 0 Å². The molecule has 3 aliphatic heterocycles. The monoisotopic (exact) mass is 266 g/mol. The van der Waals surface area contributed by atoms with Gasteiger partial charge in [-0.05, 0) is 44.1 Å². The van der Waals surface area contributed by atoms with Gasteiger partial charge in [-0.2, -0.15) is 0 Å². The van der Waals surface area contributed by atoms with Crippen LogP contribution in [0, 0.1) is 17.8 Å². The molecule has 0 spiro atoms. The van der Waals surface area contributed by atoms with Crippen LogP contribution < -0.4 is 5.32 Å². The molecule has 0 radical (unpaired) electrons. The van der Waals surface area contributed by atoms with Gasteiger partial charge in [0.15, 0.2) is 0 Å². The van der Waals surface area contributed by atoms with Crippen molar-refractivity contribution in [3.63, 3.8) is 0 Å². The minimum Gasteiger partial charge on any atom is -0.354 e. The molecule has 0 aromatic rings. The molecule has 3 nitrogen and oxygen atoms in total. The first-order valence-corrected chi connectivity index (χ1v) is 8.21. The molecule has 110 valence electrons. The van der Waals surface area contributed by atoms with Crippen molar-refractivity contribution in [3.05, 3.63) is 0 Å². The van der Waals surface area contributed by atoms with Gasteiger partial charge in [0.05, 0.1) is 0 Å². The molecule has 4 atom stereocenters. The zero-order valence-electron chi connectivity index (χ0n) is 12.8. The highest BCUT2D eigenvalue weighted by Gasteiger charge is 2.39. The summed E-state index contributed by atoms with van der Waals surface area (Å²) in [7, 11) is 0. The molecule has 3 heteroatoms. The van der Waals surface area contributed by atoms with Gasteiger partial charge in [0.1, 0.15) is 0 Å². The number of hydrogen-bond donors (Lipinski definition) is 1. The number of carbonyl (C=O) groups is 1. The fourth-order valence-corrected chi connectivity index (χ4v) is 3.95. The summed E-state index contributed by atoms with van der Waals surface area (Å²) in [4.78, 5) is 14.7. The molecular formula is C16H30N2O. The van der Waals surface area contributed by atoms with Gasteiger partial charge in [-0.3, -0.25) is 9.69 Å². The first kappa shape index (κ1) is 14.8. The third kappa shape index (κ3) is 3.31. The van der Waals surface area contributed by atoms with Crippen LogP contribution in [0.2, 0.25) is 0 Å². The molecule has 1 amide bonds. The molecule has 3 saturated heterocycles. The van der Waals surface area contributed by atoms with Crippen molar-refractivity contribution in [1.82, 2.24) is 10.2 Å². The van der Waals surface area contributed by atoms with E-state index in [1.54, 1.807) is 0 Å². The maximum absolute atomic E-state index is 12.0. The highest BCUT2D eigenvalue weighted by molar-refractivity contribution is 5.78. The number of nitrogens with one attached hydrogen (secondary N) is 1. The van der Waals surface area contributed by atoms with E-state index in [1.807, 2.05) is 0 Å². The number of nitrogens with zero attached hydrogens (tertiary/aromatic N) is 1. The van der Waals surface area contributed by atoms with Gasteiger partial charge >= 0.3 is 0 Å². The van der Waals surface area contributed by atoms with Crippen molar-refractivity contribution >= 4 is 5.91 Å². The lowest BCUT2D eigenvalue weighted by molar-refractivity contribution is -0.125. The van der Waals surface area contributed by atoms with E-state index in [0.29, 0.717) is 6.04 Å². The SMILES string of the molecule is CCC(CC)C(=O)NC[C@H]1C[C@@H]2CCN1C[C@@H]2CC. The van der Waals surface area contributed by atoms with Crippen LogP contribution in [-0.2, 0) is 4.79 Å². The lowest BCUT2D eigenvalue weighted by Gasteiger charge is -2.50. The third-order valence-corrected chi connectivity index (χ3v) is 5.41. The highest BCUT2D eigenvalue weighted by atomic mass is 16.1. The lowest BCUT2D eigenvalue weighted by atomic mass is 9.74. The Morgan fingerprint density at radius 2 is 2.05 bits per heavy atom. The quantitative estimate of drug-likeness (QED) is 0.801. The van der Waals surface area contributed by atoms with Crippen LogP contribution in [0.25, 0.3) is 0 Å². The van der Waals surface area contributed by atoms with Gasteiger partial charge in [-0.1, -0.05) is 27.2 Å². The first-order chi connectivity index (χ1) is 9.19. The predicted molar refractivity (Wildman–Crippen MR) is 78.9 cm³/mol. The Morgan fingerprint density at radius 1 is 1.32 bits per heavy atom. The summed E-state index contributed by atoms with van der Waals surface area (Å²) >= 11 is 0. The molecule has 3 aliphatic rings. The van der Waals surface area contributed by atoms with E-state index >= 15 is 0 Å². The number of fused-ring (bicyclic) bond motifs is 3. The van der Waals surface area contributed by atoms with E-state index in [0.717, 1.165) is 31.2 Å². The lowest BCUT2D eigenvalue weighted by Crippen LogP contribution is -2.56. The standard InChI is InChI=1S/C16H30N2O/c1-4-12(5-2)16(19)17-10-15-9-14-7-8-18(15)11-13(14)6-3/h12-15H,4-11H2,1-3H3,(H,17,19)/t13-,14-,15+/m0/s1. The van der Waals surface area contributed by atoms with Crippen molar-refractivity contribution in [2.24, 2.45) is 17.8 Å². The fourth-order valence-electron chi connectivity index (χ4n) is 3.95. The molecule has 0 aromatic carbocycles. The second kappa shape index (κ2) is 6.74. The van der Waals surface area contributed by atoms with Crippen LogP contribution in [-0.4, -0.2) is 36.5 Å². The summed E-state index contributed by atoms with van der Waals surface area (Å²) in [6.45, 7) is 9.88. The number of carbonyl (C=O) groups excluding carboxylic acids is 1. The maximum Gasteiger partial charge on any atom is 0.223 e. The van der Waals surface area contributed by atoms with Crippen LogP contribution in [0.1, 0.15) is 52.9 Å². The summed E-state index contributed by atoms with van der Waals surface area (Å²) < 4.78 is 0. The van der Waals surface area contributed by atoms with Gasteiger partial charge in [0.25, 0.3) is 0 Å². The zero-order valence-corrected chi connectivity index (χ0v) is 12.8. The Hall–Kier alpha value is -0.570. The van der Waals surface area contributed by atoms with Crippen molar-refractivity contribution in [3.8, 4) is 0 Å². The zero-order chi connectivity index (χ0) is 13.8. The van der Waals surface area contributed by atoms with Crippen molar-refractivity contribution < 1.29 is 4.79 Å². The average Bonchev–Trinajstić information content (AvgIpc) is 2.46.